The first-order valence-electron chi connectivity index (χ1n) is 4.66. The number of carbonyl (C=O) groups excluding carboxylic acids is 1. The van der Waals surface area contributed by atoms with Gasteiger partial charge in [0.1, 0.15) is 6.10 Å². The number of rotatable bonds is 1. The summed E-state index contributed by atoms with van der Waals surface area (Å²) < 4.78 is 5.27. The van der Waals surface area contributed by atoms with Crippen molar-refractivity contribution in [2.75, 3.05) is 34.2 Å². The van der Waals surface area contributed by atoms with Gasteiger partial charge in [0.05, 0.1) is 0 Å². The van der Waals surface area contributed by atoms with Gasteiger partial charge in [0.25, 0.3) is 0 Å². The minimum Gasteiger partial charge on any atom is -0.445 e. The Morgan fingerprint density at radius 2 is 2.23 bits per heavy atom. The van der Waals surface area contributed by atoms with Gasteiger partial charge in [-0.25, -0.2) is 4.79 Å². The number of likely N-dealkylation sites (tertiary alicyclic amines) is 1. The minimum atomic E-state index is -0.236. The molecule has 4 heteroatoms. The normalized spacial score (nSPS) is 24.1. The second-order valence-corrected chi connectivity index (χ2v) is 3.80. The van der Waals surface area contributed by atoms with Gasteiger partial charge in [0, 0.05) is 20.6 Å². The standard InChI is InChI=1S/C9H18N2O2/c1-10(2)9(12)13-8-5-4-6-11(3)7-8/h8H,4-7H2,1-3H3/t8-/m0/s1. The first-order valence-corrected chi connectivity index (χ1v) is 4.66. The van der Waals surface area contributed by atoms with E-state index in [-0.39, 0.29) is 12.2 Å². The van der Waals surface area contributed by atoms with E-state index in [9.17, 15) is 4.79 Å². The molecule has 1 rings (SSSR count). The van der Waals surface area contributed by atoms with Gasteiger partial charge in [-0.1, -0.05) is 0 Å². The number of amides is 1. The maximum Gasteiger partial charge on any atom is 0.409 e. The lowest BCUT2D eigenvalue weighted by Crippen LogP contribution is -2.39. The van der Waals surface area contributed by atoms with E-state index in [2.05, 4.69) is 11.9 Å². The van der Waals surface area contributed by atoms with E-state index >= 15 is 0 Å². The highest BCUT2D eigenvalue weighted by atomic mass is 16.6. The predicted octanol–water partition coefficient (Wildman–Crippen LogP) is 0.779. The fraction of sp³-hybridized carbons (Fsp3) is 0.889. The number of ether oxygens (including phenoxy) is 1. The third-order valence-corrected chi connectivity index (χ3v) is 2.21. The molecular weight excluding hydrogens is 168 g/mol. The average Bonchev–Trinajstić information content (AvgIpc) is 2.04. The molecule has 4 nitrogen and oxygen atoms in total. The van der Waals surface area contributed by atoms with Crippen LogP contribution in [0.4, 0.5) is 4.79 Å². The van der Waals surface area contributed by atoms with E-state index in [0.717, 1.165) is 25.9 Å². The van der Waals surface area contributed by atoms with Gasteiger partial charge in [0.15, 0.2) is 0 Å². The Labute approximate surface area is 79.4 Å². The number of piperidine rings is 1. The topological polar surface area (TPSA) is 32.8 Å². The van der Waals surface area contributed by atoms with Gasteiger partial charge < -0.3 is 14.5 Å². The Bertz CT molecular complexity index is 182. The molecule has 0 aromatic carbocycles. The number of likely N-dealkylation sites (N-methyl/N-ethyl adjacent to an activating group) is 1. The fourth-order valence-electron chi connectivity index (χ4n) is 1.46. The second kappa shape index (κ2) is 4.46. The highest BCUT2D eigenvalue weighted by Crippen LogP contribution is 2.12. The van der Waals surface area contributed by atoms with Crippen LogP contribution >= 0.6 is 0 Å². The fourth-order valence-corrected chi connectivity index (χ4v) is 1.46. The molecule has 1 atom stereocenters. The van der Waals surface area contributed by atoms with Gasteiger partial charge in [-0.15, -0.1) is 0 Å². The van der Waals surface area contributed by atoms with Crippen molar-refractivity contribution in [1.82, 2.24) is 9.80 Å². The lowest BCUT2D eigenvalue weighted by Gasteiger charge is -2.29. The summed E-state index contributed by atoms with van der Waals surface area (Å²) in [7, 11) is 5.46. The summed E-state index contributed by atoms with van der Waals surface area (Å²) in [6, 6.07) is 0. The van der Waals surface area contributed by atoms with Crippen molar-refractivity contribution in [1.29, 1.82) is 0 Å². The molecule has 0 unspecified atom stereocenters. The molecule has 1 saturated heterocycles. The Morgan fingerprint density at radius 1 is 1.54 bits per heavy atom. The first-order chi connectivity index (χ1) is 6.09. The summed E-state index contributed by atoms with van der Waals surface area (Å²) >= 11 is 0. The molecule has 0 aromatic heterocycles. The van der Waals surface area contributed by atoms with Gasteiger partial charge >= 0.3 is 6.09 Å². The van der Waals surface area contributed by atoms with Crippen molar-refractivity contribution in [2.45, 2.75) is 18.9 Å². The van der Waals surface area contributed by atoms with Crippen molar-refractivity contribution in [3.8, 4) is 0 Å². The van der Waals surface area contributed by atoms with Gasteiger partial charge in [-0.05, 0) is 26.4 Å². The Balaban J connectivity index is 2.31. The molecule has 76 valence electrons. The number of hydrogen-bond donors (Lipinski definition) is 0. The maximum atomic E-state index is 11.2. The van der Waals surface area contributed by atoms with Crippen molar-refractivity contribution in [3.63, 3.8) is 0 Å². The van der Waals surface area contributed by atoms with Crippen LogP contribution in [0.25, 0.3) is 0 Å². The third kappa shape index (κ3) is 3.22. The second-order valence-electron chi connectivity index (χ2n) is 3.80. The number of nitrogens with zero attached hydrogens (tertiary/aromatic N) is 2. The molecule has 1 aliphatic heterocycles. The van der Waals surface area contributed by atoms with Crippen LogP contribution in [-0.4, -0.2) is 56.2 Å². The molecule has 0 spiro atoms. The zero-order valence-corrected chi connectivity index (χ0v) is 8.62. The summed E-state index contributed by atoms with van der Waals surface area (Å²) in [6.45, 7) is 1.97. The quantitative estimate of drug-likeness (QED) is 0.606. The van der Waals surface area contributed by atoms with E-state index in [1.165, 1.54) is 4.90 Å². The predicted molar refractivity (Wildman–Crippen MR) is 50.7 cm³/mol. The average molecular weight is 186 g/mol. The van der Waals surface area contributed by atoms with Crippen LogP contribution in [0, 0.1) is 0 Å². The highest BCUT2D eigenvalue weighted by Gasteiger charge is 2.21. The summed E-state index contributed by atoms with van der Waals surface area (Å²) in [6.07, 6.45) is 1.94. The van der Waals surface area contributed by atoms with Crippen molar-refractivity contribution in [2.24, 2.45) is 0 Å². The van der Waals surface area contributed by atoms with Crippen LogP contribution < -0.4 is 0 Å². The van der Waals surface area contributed by atoms with Gasteiger partial charge in [-0.2, -0.15) is 0 Å². The first kappa shape index (κ1) is 10.3. The molecule has 1 amide bonds. The molecule has 1 heterocycles. The SMILES string of the molecule is CN1CCC[C@H](OC(=O)N(C)C)C1. The van der Waals surface area contributed by atoms with E-state index in [1.807, 2.05) is 0 Å². The molecule has 0 saturated carbocycles. The molecule has 0 bridgehead atoms. The van der Waals surface area contributed by atoms with Crippen LogP contribution in [0.3, 0.4) is 0 Å². The zero-order chi connectivity index (χ0) is 9.84. The minimum absolute atomic E-state index is 0.0775. The Morgan fingerprint density at radius 3 is 2.77 bits per heavy atom. The van der Waals surface area contributed by atoms with Crippen LogP contribution in [0.15, 0.2) is 0 Å². The molecule has 0 aromatic rings. The molecule has 13 heavy (non-hydrogen) atoms. The van der Waals surface area contributed by atoms with Gasteiger partial charge in [0.2, 0.25) is 0 Å². The van der Waals surface area contributed by atoms with E-state index in [4.69, 9.17) is 4.74 Å². The summed E-state index contributed by atoms with van der Waals surface area (Å²) in [5.74, 6) is 0. The Hall–Kier alpha value is -0.770. The zero-order valence-electron chi connectivity index (χ0n) is 8.62. The molecule has 0 N–H and O–H groups in total. The van der Waals surface area contributed by atoms with Crippen LogP contribution in [-0.2, 0) is 4.74 Å². The van der Waals surface area contributed by atoms with Crippen molar-refractivity contribution >= 4 is 6.09 Å². The third-order valence-electron chi connectivity index (χ3n) is 2.21. The largest absolute Gasteiger partial charge is 0.445 e. The Kier molecular flexibility index (Phi) is 3.54. The molecule has 1 aliphatic rings. The monoisotopic (exact) mass is 186 g/mol. The maximum absolute atomic E-state index is 11.2. The van der Waals surface area contributed by atoms with Crippen LogP contribution in [0.5, 0.6) is 0 Å². The van der Waals surface area contributed by atoms with Gasteiger partial charge in [-0.3, -0.25) is 0 Å². The molecule has 0 aliphatic carbocycles. The summed E-state index contributed by atoms with van der Waals surface area (Å²) in [5, 5.41) is 0. The summed E-state index contributed by atoms with van der Waals surface area (Å²) in [5.41, 5.74) is 0. The number of carbonyl (C=O) groups is 1. The lowest BCUT2D eigenvalue weighted by molar-refractivity contribution is 0.0357. The van der Waals surface area contributed by atoms with E-state index in [0.29, 0.717) is 0 Å². The van der Waals surface area contributed by atoms with Crippen molar-refractivity contribution < 1.29 is 9.53 Å². The molecule has 0 radical (unpaired) electrons. The molecular formula is C9H18N2O2. The van der Waals surface area contributed by atoms with Crippen molar-refractivity contribution in [3.05, 3.63) is 0 Å². The molecule has 1 fully saturated rings. The smallest absolute Gasteiger partial charge is 0.409 e. The van der Waals surface area contributed by atoms with E-state index in [1.54, 1.807) is 14.1 Å². The van der Waals surface area contributed by atoms with Crippen LogP contribution in [0.2, 0.25) is 0 Å². The lowest BCUT2D eigenvalue weighted by atomic mass is 10.1. The highest BCUT2D eigenvalue weighted by molar-refractivity contribution is 5.66. The number of hydrogen-bond acceptors (Lipinski definition) is 3. The summed E-state index contributed by atoms with van der Waals surface area (Å²) in [4.78, 5) is 14.9. The van der Waals surface area contributed by atoms with E-state index < -0.39 is 0 Å². The van der Waals surface area contributed by atoms with Crippen LogP contribution in [0.1, 0.15) is 12.8 Å².